The number of fused-ring (bicyclic) bond motifs is 3. The fourth-order valence-electron chi connectivity index (χ4n) is 3.76. The van der Waals surface area contributed by atoms with Crippen LogP contribution in [0.2, 0.25) is 5.02 Å². The normalized spacial score (nSPS) is 20.5. The lowest BCUT2D eigenvalue weighted by molar-refractivity contribution is -0.0203. The Kier molecular flexibility index (Phi) is 3.80. The summed E-state index contributed by atoms with van der Waals surface area (Å²) >= 11 is 6.25. The SMILES string of the molecule is Oc1ccccc1[C@@H]1Oc2ccc(Cl)cc2[C@@H]2CC(c3ccccc3)=NN21. The van der Waals surface area contributed by atoms with Gasteiger partial charge in [-0.2, -0.15) is 5.10 Å². The first-order chi connectivity index (χ1) is 13.2. The Bertz CT molecular complexity index is 1040. The van der Waals surface area contributed by atoms with Gasteiger partial charge in [0.25, 0.3) is 0 Å². The molecule has 4 nitrogen and oxygen atoms in total. The summed E-state index contributed by atoms with van der Waals surface area (Å²) in [5.41, 5.74) is 3.80. The molecule has 0 saturated heterocycles. The van der Waals surface area contributed by atoms with Crippen LogP contribution in [0.4, 0.5) is 0 Å². The van der Waals surface area contributed by atoms with Gasteiger partial charge in [-0.05, 0) is 35.9 Å². The molecule has 3 aromatic rings. The van der Waals surface area contributed by atoms with Crippen molar-refractivity contribution in [3.63, 3.8) is 0 Å². The molecular weight excluding hydrogens is 360 g/mol. The average Bonchev–Trinajstić information content (AvgIpc) is 3.15. The molecule has 2 aliphatic rings. The zero-order valence-electron chi connectivity index (χ0n) is 14.4. The summed E-state index contributed by atoms with van der Waals surface area (Å²) in [6, 6.07) is 23.0. The molecule has 5 rings (SSSR count). The Morgan fingerprint density at radius 1 is 0.963 bits per heavy atom. The smallest absolute Gasteiger partial charge is 0.217 e. The van der Waals surface area contributed by atoms with Gasteiger partial charge in [0.2, 0.25) is 6.23 Å². The standard InChI is InChI=1S/C22H17ClN2O2/c23-15-10-11-21-17(12-15)19-13-18(14-6-2-1-3-7-14)24-25(19)22(27-21)16-8-4-5-9-20(16)26/h1-12,19,22,26H,13H2/t19-,22-/m0/s1. The van der Waals surface area contributed by atoms with Gasteiger partial charge in [-0.3, -0.25) is 0 Å². The van der Waals surface area contributed by atoms with Crippen LogP contribution in [-0.4, -0.2) is 15.8 Å². The maximum absolute atomic E-state index is 10.4. The summed E-state index contributed by atoms with van der Waals surface area (Å²) in [5, 5.41) is 17.9. The monoisotopic (exact) mass is 376 g/mol. The van der Waals surface area contributed by atoms with E-state index in [-0.39, 0.29) is 11.8 Å². The van der Waals surface area contributed by atoms with E-state index in [9.17, 15) is 5.11 Å². The Morgan fingerprint density at radius 2 is 1.74 bits per heavy atom. The zero-order chi connectivity index (χ0) is 18.4. The van der Waals surface area contributed by atoms with Crippen LogP contribution < -0.4 is 4.74 Å². The first kappa shape index (κ1) is 16.2. The number of phenols is 1. The summed E-state index contributed by atoms with van der Waals surface area (Å²) in [6.07, 6.45) is 0.260. The second kappa shape index (κ2) is 6.32. The number of rotatable bonds is 2. The number of hydrazone groups is 1. The number of ether oxygens (including phenoxy) is 1. The average molecular weight is 377 g/mol. The van der Waals surface area contributed by atoms with E-state index in [0.717, 1.165) is 29.0 Å². The molecule has 0 aliphatic carbocycles. The van der Waals surface area contributed by atoms with Crippen LogP contribution in [0.25, 0.3) is 0 Å². The van der Waals surface area contributed by atoms with Crippen LogP contribution in [0.15, 0.2) is 77.9 Å². The van der Waals surface area contributed by atoms with E-state index in [4.69, 9.17) is 21.4 Å². The van der Waals surface area contributed by atoms with Gasteiger partial charge in [0.15, 0.2) is 0 Å². The lowest BCUT2D eigenvalue weighted by atomic mass is 9.96. The Balaban J connectivity index is 1.64. The fourth-order valence-corrected chi connectivity index (χ4v) is 3.95. The predicted molar refractivity (Wildman–Crippen MR) is 105 cm³/mol. The first-order valence-corrected chi connectivity index (χ1v) is 9.24. The van der Waals surface area contributed by atoms with Crippen LogP contribution in [0.3, 0.4) is 0 Å². The van der Waals surface area contributed by atoms with Gasteiger partial charge in [0, 0.05) is 17.0 Å². The third kappa shape index (κ3) is 2.73. The highest BCUT2D eigenvalue weighted by molar-refractivity contribution is 6.30. The number of halogens is 1. The maximum Gasteiger partial charge on any atom is 0.217 e. The molecule has 27 heavy (non-hydrogen) atoms. The van der Waals surface area contributed by atoms with Crippen molar-refractivity contribution < 1.29 is 9.84 Å². The summed E-state index contributed by atoms with van der Waals surface area (Å²) in [6.45, 7) is 0. The second-order valence-electron chi connectivity index (χ2n) is 6.72. The van der Waals surface area contributed by atoms with Crippen molar-refractivity contribution in [2.45, 2.75) is 18.7 Å². The van der Waals surface area contributed by atoms with E-state index in [1.807, 2.05) is 53.5 Å². The van der Waals surface area contributed by atoms with Gasteiger partial charge in [-0.25, -0.2) is 5.01 Å². The molecule has 3 aromatic carbocycles. The minimum Gasteiger partial charge on any atom is -0.507 e. The third-order valence-corrected chi connectivity index (χ3v) is 5.30. The van der Waals surface area contributed by atoms with Crippen molar-refractivity contribution in [2.75, 3.05) is 0 Å². The van der Waals surface area contributed by atoms with Crippen LogP contribution >= 0.6 is 11.6 Å². The lowest BCUT2D eigenvalue weighted by Gasteiger charge is -2.38. The van der Waals surface area contributed by atoms with Gasteiger partial charge in [0.1, 0.15) is 11.5 Å². The van der Waals surface area contributed by atoms with Crippen LogP contribution in [-0.2, 0) is 0 Å². The largest absolute Gasteiger partial charge is 0.507 e. The van der Waals surface area contributed by atoms with Gasteiger partial charge >= 0.3 is 0 Å². The third-order valence-electron chi connectivity index (χ3n) is 5.06. The number of para-hydroxylation sites is 1. The quantitative estimate of drug-likeness (QED) is 0.661. The number of hydrogen-bond acceptors (Lipinski definition) is 4. The number of benzene rings is 3. The van der Waals surface area contributed by atoms with E-state index in [1.165, 1.54) is 0 Å². The summed E-state index contributed by atoms with van der Waals surface area (Å²) in [4.78, 5) is 0. The molecule has 5 heteroatoms. The number of aromatic hydroxyl groups is 1. The van der Waals surface area contributed by atoms with Crippen LogP contribution in [0.1, 0.15) is 35.4 Å². The Hall–Kier alpha value is -2.98. The molecule has 0 spiro atoms. The predicted octanol–water partition coefficient (Wildman–Crippen LogP) is 5.29. The van der Waals surface area contributed by atoms with Crippen LogP contribution in [0, 0.1) is 0 Å². The number of nitrogens with zero attached hydrogens (tertiary/aromatic N) is 2. The number of hydrogen-bond donors (Lipinski definition) is 1. The van der Waals surface area contributed by atoms with Crippen molar-refractivity contribution in [1.82, 2.24) is 5.01 Å². The minimum atomic E-state index is -0.494. The van der Waals surface area contributed by atoms with Crippen LogP contribution in [0.5, 0.6) is 11.5 Å². The van der Waals surface area contributed by atoms with E-state index in [0.29, 0.717) is 10.6 Å². The summed E-state index contributed by atoms with van der Waals surface area (Å²) in [5.74, 6) is 0.973. The first-order valence-electron chi connectivity index (χ1n) is 8.86. The highest BCUT2D eigenvalue weighted by Crippen LogP contribution is 2.49. The molecule has 0 amide bonds. The highest BCUT2D eigenvalue weighted by Gasteiger charge is 2.41. The summed E-state index contributed by atoms with van der Waals surface area (Å²) < 4.78 is 6.25. The second-order valence-corrected chi connectivity index (χ2v) is 7.16. The van der Waals surface area contributed by atoms with Gasteiger partial charge in [-0.15, -0.1) is 0 Å². The fraction of sp³-hybridized carbons (Fsp3) is 0.136. The van der Waals surface area contributed by atoms with E-state index in [1.54, 1.807) is 12.1 Å². The molecule has 134 valence electrons. The highest BCUT2D eigenvalue weighted by atomic mass is 35.5. The number of phenolic OH excluding ortho intramolecular Hbond substituents is 1. The molecular formula is C22H17ClN2O2. The summed E-state index contributed by atoms with van der Waals surface area (Å²) in [7, 11) is 0. The molecule has 2 aliphatic heterocycles. The van der Waals surface area contributed by atoms with Crippen molar-refractivity contribution >= 4 is 17.3 Å². The van der Waals surface area contributed by atoms with E-state index >= 15 is 0 Å². The topological polar surface area (TPSA) is 45.1 Å². The molecule has 0 aromatic heterocycles. The van der Waals surface area contributed by atoms with Gasteiger partial charge in [0.05, 0.1) is 17.3 Å². The molecule has 0 saturated carbocycles. The minimum absolute atomic E-state index is 0.00672. The van der Waals surface area contributed by atoms with Gasteiger partial charge < -0.3 is 9.84 Å². The van der Waals surface area contributed by atoms with Gasteiger partial charge in [-0.1, -0.05) is 54.1 Å². The molecule has 2 atom stereocenters. The van der Waals surface area contributed by atoms with E-state index < -0.39 is 6.23 Å². The lowest BCUT2D eigenvalue weighted by Crippen LogP contribution is -2.33. The van der Waals surface area contributed by atoms with Crippen molar-refractivity contribution in [3.8, 4) is 11.5 Å². The van der Waals surface area contributed by atoms with E-state index in [2.05, 4.69) is 12.1 Å². The van der Waals surface area contributed by atoms with Crippen molar-refractivity contribution in [3.05, 3.63) is 94.5 Å². The van der Waals surface area contributed by atoms with Crippen molar-refractivity contribution in [2.24, 2.45) is 5.10 Å². The molecule has 0 fully saturated rings. The Morgan fingerprint density at radius 3 is 2.56 bits per heavy atom. The molecule has 0 unspecified atom stereocenters. The molecule has 0 bridgehead atoms. The Labute approximate surface area is 162 Å². The molecule has 0 radical (unpaired) electrons. The molecule has 2 heterocycles. The maximum atomic E-state index is 10.4. The zero-order valence-corrected chi connectivity index (χ0v) is 15.2. The van der Waals surface area contributed by atoms with Crippen molar-refractivity contribution in [1.29, 1.82) is 0 Å². The molecule has 1 N–H and O–H groups in total.